The van der Waals surface area contributed by atoms with Crippen LogP contribution in [0.5, 0.6) is 0 Å². The van der Waals surface area contributed by atoms with Crippen molar-refractivity contribution in [1.82, 2.24) is 10.6 Å². The van der Waals surface area contributed by atoms with Gasteiger partial charge in [-0.05, 0) is 5.56 Å². The number of nitrogens with one attached hydrogen (secondary N) is 2. The summed E-state index contributed by atoms with van der Waals surface area (Å²) in [6, 6.07) is 8.11. The van der Waals surface area contributed by atoms with Crippen molar-refractivity contribution in [3.8, 4) is 0 Å². The molecule has 1 aromatic rings. The van der Waals surface area contributed by atoms with Crippen molar-refractivity contribution >= 4 is 11.8 Å². The quantitative estimate of drug-likeness (QED) is 0.484. The number of hydrogen-bond donors (Lipinski definition) is 3. The van der Waals surface area contributed by atoms with Crippen LogP contribution in [0.3, 0.4) is 0 Å². The van der Waals surface area contributed by atoms with Gasteiger partial charge in [-0.25, -0.2) is 0 Å². The van der Waals surface area contributed by atoms with Crippen molar-refractivity contribution in [3.05, 3.63) is 35.9 Å². The SMILES string of the molecule is COC1(NC(=O)[C@H](N)c2ccccc2)CNC1=O. The summed E-state index contributed by atoms with van der Waals surface area (Å²) in [5.41, 5.74) is 5.23. The summed E-state index contributed by atoms with van der Waals surface area (Å²) in [6.07, 6.45) is 0. The van der Waals surface area contributed by atoms with Crippen LogP contribution in [0.2, 0.25) is 0 Å². The summed E-state index contributed by atoms with van der Waals surface area (Å²) < 4.78 is 5.04. The maximum atomic E-state index is 12.0. The van der Waals surface area contributed by atoms with Crippen LogP contribution >= 0.6 is 0 Å². The van der Waals surface area contributed by atoms with E-state index < -0.39 is 17.7 Å². The van der Waals surface area contributed by atoms with Gasteiger partial charge < -0.3 is 21.1 Å². The monoisotopic (exact) mass is 249 g/mol. The largest absolute Gasteiger partial charge is 0.349 e. The lowest BCUT2D eigenvalue weighted by molar-refractivity contribution is -0.167. The molecule has 0 aromatic heterocycles. The van der Waals surface area contributed by atoms with Gasteiger partial charge >= 0.3 is 0 Å². The Labute approximate surface area is 104 Å². The third-order valence-corrected chi connectivity index (χ3v) is 2.98. The molecule has 2 atom stereocenters. The first-order valence-corrected chi connectivity index (χ1v) is 5.55. The Morgan fingerprint density at radius 1 is 1.50 bits per heavy atom. The topological polar surface area (TPSA) is 93.4 Å². The average Bonchev–Trinajstić information content (AvgIpc) is 2.42. The molecule has 96 valence electrons. The number of methoxy groups -OCH3 is 1. The molecular weight excluding hydrogens is 234 g/mol. The minimum absolute atomic E-state index is 0.246. The summed E-state index contributed by atoms with van der Waals surface area (Å²) in [7, 11) is 1.37. The van der Waals surface area contributed by atoms with E-state index >= 15 is 0 Å². The summed E-state index contributed by atoms with van der Waals surface area (Å²) in [5.74, 6) is -0.809. The fourth-order valence-electron chi connectivity index (χ4n) is 1.73. The standard InChI is InChI=1S/C12H15N3O3/c1-18-12(7-14-11(12)17)15-10(16)9(13)8-5-3-2-4-6-8/h2-6,9H,7,13H2,1H3,(H,14,17)(H,15,16)/t9-,12?/m1/s1. The van der Waals surface area contributed by atoms with Gasteiger partial charge in [0.25, 0.3) is 5.91 Å². The molecule has 1 saturated heterocycles. The van der Waals surface area contributed by atoms with Crippen LogP contribution in [0.15, 0.2) is 30.3 Å². The lowest BCUT2D eigenvalue weighted by Gasteiger charge is -2.39. The lowest BCUT2D eigenvalue weighted by atomic mass is 10.0. The molecule has 6 heteroatoms. The molecule has 4 N–H and O–H groups in total. The highest BCUT2D eigenvalue weighted by atomic mass is 16.5. The van der Waals surface area contributed by atoms with E-state index in [0.29, 0.717) is 5.56 Å². The number of carbonyl (C=O) groups is 2. The Morgan fingerprint density at radius 2 is 2.17 bits per heavy atom. The third kappa shape index (κ3) is 2.07. The second-order valence-corrected chi connectivity index (χ2v) is 4.09. The van der Waals surface area contributed by atoms with Gasteiger partial charge in [-0.3, -0.25) is 9.59 Å². The van der Waals surface area contributed by atoms with E-state index in [1.54, 1.807) is 24.3 Å². The lowest BCUT2D eigenvalue weighted by Crippen LogP contribution is -2.74. The Kier molecular flexibility index (Phi) is 3.31. The first kappa shape index (κ1) is 12.5. The summed E-state index contributed by atoms with van der Waals surface area (Å²) in [6.45, 7) is 0.246. The molecule has 6 nitrogen and oxygen atoms in total. The van der Waals surface area contributed by atoms with Crippen molar-refractivity contribution < 1.29 is 14.3 Å². The summed E-state index contributed by atoms with van der Waals surface area (Å²) >= 11 is 0. The fourth-order valence-corrected chi connectivity index (χ4v) is 1.73. The molecule has 0 aliphatic carbocycles. The molecule has 1 heterocycles. The fraction of sp³-hybridized carbons (Fsp3) is 0.333. The van der Waals surface area contributed by atoms with E-state index in [1.807, 2.05) is 6.07 Å². The number of ether oxygens (including phenoxy) is 1. The number of hydrogen-bond acceptors (Lipinski definition) is 4. The molecule has 0 saturated carbocycles. The predicted octanol–water partition coefficient (Wildman–Crippen LogP) is -0.725. The third-order valence-electron chi connectivity index (χ3n) is 2.98. The van der Waals surface area contributed by atoms with Gasteiger partial charge in [-0.2, -0.15) is 0 Å². The number of rotatable bonds is 4. The van der Waals surface area contributed by atoms with Crippen LogP contribution < -0.4 is 16.4 Å². The zero-order valence-corrected chi connectivity index (χ0v) is 9.97. The zero-order chi connectivity index (χ0) is 13.2. The van der Waals surface area contributed by atoms with Gasteiger partial charge in [-0.15, -0.1) is 0 Å². The van der Waals surface area contributed by atoms with Gasteiger partial charge in [0.2, 0.25) is 11.6 Å². The molecule has 1 aromatic carbocycles. The average molecular weight is 249 g/mol. The molecule has 1 aliphatic heterocycles. The highest BCUT2D eigenvalue weighted by Gasteiger charge is 2.48. The van der Waals surface area contributed by atoms with E-state index in [4.69, 9.17) is 10.5 Å². The van der Waals surface area contributed by atoms with Crippen molar-refractivity contribution in [2.24, 2.45) is 5.73 Å². The maximum Gasteiger partial charge on any atom is 0.275 e. The van der Waals surface area contributed by atoms with Crippen LogP contribution in [0.25, 0.3) is 0 Å². The first-order valence-electron chi connectivity index (χ1n) is 5.55. The van der Waals surface area contributed by atoms with E-state index in [9.17, 15) is 9.59 Å². The van der Waals surface area contributed by atoms with Crippen molar-refractivity contribution in [3.63, 3.8) is 0 Å². The van der Waals surface area contributed by atoms with Crippen molar-refractivity contribution in [2.45, 2.75) is 11.8 Å². The summed E-state index contributed by atoms with van der Waals surface area (Å²) in [4.78, 5) is 23.3. The zero-order valence-electron chi connectivity index (χ0n) is 9.97. The molecule has 1 aliphatic rings. The van der Waals surface area contributed by atoms with Crippen LogP contribution in [0.4, 0.5) is 0 Å². The maximum absolute atomic E-state index is 12.0. The number of amides is 2. The van der Waals surface area contributed by atoms with Gasteiger partial charge in [-0.1, -0.05) is 30.3 Å². The highest BCUT2D eigenvalue weighted by molar-refractivity contribution is 5.96. The molecule has 1 unspecified atom stereocenters. The van der Waals surface area contributed by atoms with Crippen molar-refractivity contribution in [2.75, 3.05) is 13.7 Å². The number of β-lactam (4-membered cyclic amide) rings is 1. The second kappa shape index (κ2) is 4.75. The van der Waals surface area contributed by atoms with E-state index in [0.717, 1.165) is 0 Å². The molecular formula is C12H15N3O3. The molecule has 0 spiro atoms. The minimum Gasteiger partial charge on any atom is -0.349 e. The first-order chi connectivity index (χ1) is 8.59. The second-order valence-electron chi connectivity index (χ2n) is 4.09. The Balaban J connectivity index is 2.06. The normalized spacial score (nSPS) is 23.8. The number of nitrogens with two attached hydrogens (primary N) is 1. The Morgan fingerprint density at radius 3 is 2.61 bits per heavy atom. The smallest absolute Gasteiger partial charge is 0.275 e. The van der Waals surface area contributed by atoms with E-state index in [-0.39, 0.29) is 12.5 Å². The van der Waals surface area contributed by atoms with E-state index in [1.165, 1.54) is 7.11 Å². The van der Waals surface area contributed by atoms with E-state index in [2.05, 4.69) is 10.6 Å². The van der Waals surface area contributed by atoms with Crippen LogP contribution in [-0.2, 0) is 14.3 Å². The number of carbonyl (C=O) groups excluding carboxylic acids is 2. The predicted molar refractivity (Wildman–Crippen MR) is 64.3 cm³/mol. The minimum atomic E-state index is -1.27. The van der Waals surface area contributed by atoms with Gasteiger partial charge in [0, 0.05) is 7.11 Å². The summed E-state index contributed by atoms with van der Waals surface area (Å²) in [5, 5.41) is 5.04. The van der Waals surface area contributed by atoms with Crippen LogP contribution in [0, 0.1) is 0 Å². The Bertz CT molecular complexity index is 459. The van der Waals surface area contributed by atoms with Gasteiger partial charge in [0.1, 0.15) is 6.04 Å². The van der Waals surface area contributed by atoms with Crippen LogP contribution in [0.1, 0.15) is 11.6 Å². The van der Waals surface area contributed by atoms with Crippen LogP contribution in [-0.4, -0.2) is 31.2 Å². The molecule has 18 heavy (non-hydrogen) atoms. The molecule has 1 fully saturated rings. The molecule has 2 rings (SSSR count). The Hall–Kier alpha value is -1.92. The molecule has 0 bridgehead atoms. The van der Waals surface area contributed by atoms with Crippen molar-refractivity contribution in [1.29, 1.82) is 0 Å². The molecule has 0 radical (unpaired) electrons. The molecule has 2 amide bonds. The van der Waals surface area contributed by atoms with Gasteiger partial charge in [0.15, 0.2) is 0 Å². The number of benzene rings is 1. The van der Waals surface area contributed by atoms with Gasteiger partial charge in [0.05, 0.1) is 6.54 Å². The highest BCUT2D eigenvalue weighted by Crippen LogP contribution is 2.16.